The number of hydrogen-bond donors (Lipinski definition) is 0. The normalized spacial score (nSPS) is 14.7. The second-order valence-corrected chi connectivity index (χ2v) is 5.99. The van der Waals surface area contributed by atoms with E-state index in [0.29, 0.717) is 6.85 Å². The smallest absolute Gasteiger partial charge is 0.313 e. The van der Waals surface area contributed by atoms with Gasteiger partial charge in [-0.1, -0.05) is 60.5 Å². The summed E-state index contributed by atoms with van der Waals surface area (Å²) in [6, 6.07) is 21.7. The number of fused-ring (bicyclic) bond motifs is 4. The molecule has 2 heteroatoms. The van der Waals surface area contributed by atoms with E-state index >= 15 is 0 Å². The SMILES string of the molecule is C1=c2ccccc2=CN2C=c3cc4ccccc4cc3=CB12. The molecular formula is C20H14BN. The van der Waals surface area contributed by atoms with Crippen LogP contribution in [0.5, 0.6) is 0 Å². The van der Waals surface area contributed by atoms with Gasteiger partial charge < -0.3 is 4.81 Å². The van der Waals surface area contributed by atoms with Crippen LogP contribution in [0.2, 0.25) is 0 Å². The maximum Gasteiger partial charge on any atom is 0.313 e. The van der Waals surface area contributed by atoms with Crippen molar-refractivity contribution < 1.29 is 0 Å². The van der Waals surface area contributed by atoms with Crippen molar-refractivity contribution in [3.8, 4) is 0 Å². The van der Waals surface area contributed by atoms with Crippen LogP contribution in [0, 0.1) is 0 Å². The van der Waals surface area contributed by atoms with Crippen molar-refractivity contribution in [3.63, 3.8) is 0 Å². The topological polar surface area (TPSA) is 3.24 Å². The molecule has 1 nitrogen and oxygen atoms in total. The van der Waals surface area contributed by atoms with Crippen molar-refractivity contribution in [2.45, 2.75) is 0 Å². The average molecular weight is 279 g/mol. The van der Waals surface area contributed by atoms with Gasteiger partial charge in [-0.25, -0.2) is 0 Å². The Morgan fingerprint density at radius 3 is 2.00 bits per heavy atom. The van der Waals surface area contributed by atoms with Gasteiger partial charge in [0.05, 0.1) is 0 Å². The van der Waals surface area contributed by atoms with Crippen LogP contribution in [0.1, 0.15) is 0 Å². The van der Waals surface area contributed by atoms with Gasteiger partial charge in [0.25, 0.3) is 0 Å². The zero-order valence-electron chi connectivity index (χ0n) is 12.1. The molecule has 0 spiro atoms. The molecule has 0 fully saturated rings. The predicted octanol–water partition coefficient (Wildman–Crippen LogP) is 0.976. The Labute approximate surface area is 128 Å². The summed E-state index contributed by atoms with van der Waals surface area (Å²) >= 11 is 0. The predicted molar refractivity (Wildman–Crippen MR) is 94.3 cm³/mol. The fourth-order valence-corrected chi connectivity index (χ4v) is 3.43. The Bertz CT molecular complexity index is 1050. The third-order valence-corrected chi connectivity index (χ3v) is 4.57. The van der Waals surface area contributed by atoms with Crippen LogP contribution in [0.4, 0.5) is 0 Å². The van der Waals surface area contributed by atoms with Crippen LogP contribution in [0.25, 0.3) is 35.1 Å². The van der Waals surface area contributed by atoms with Crippen molar-refractivity contribution in [2.75, 3.05) is 0 Å². The summed E-state index contributed by atoms with van der Waals surface area (Å²) in [5, 5.41) is 7.82. The van der Waals surface area contributed by atoms with Crippen molar-refractivity contribution in [3.05, 3.63) is 81.5 Å². The Morgan fingerprint density at radius 2 is 1.18 bits per heavy atom. The highest BCUT2D eigenvalue weighted by Crippen LogP contribution is 2.11. The van der Waals surface area contributed by atoms with Crippen LogP contribution in [0.15, 0.2) is 60.7 Å². The zero-order chi connectivity index (χ0) is 14.5. The lowest BCUT2D eigenvalue weighted by Crippen LogP contribution is -2.46. The van der Waals surface area contributed by atoms with Gasteiger partial charge in [-0.3, -0.25) is 0 Å². The standard InChI is InChI=1S/C20H14BN/c1-2-6-16-10-20-14-22-13-18-8-4-3-7-17(18)11-21(22)12-19(20)9-15(16)5-1/h1-14H. The van der Waals surface area contributed by atoms with Crippen molar-refractivity contribution in [2.24, 2.45) is 0 Å². The maximum atomic E-state index is 2.36. The molecule has 3 aromatic rings. The van der Waals surface area contributed by atoms with E-state index in [1.54, 1.807) is 0 Å². The lowest BCUT2D eigenvalue weighted by atomic mass is 9.57. The minimum absolute atomic E-state index is 0.309. The first-order chi connectivity index (χ1) is 10.9. The average Bonchev–Trinajstić information content (AvgIpc) is 2.56. The molecule has 2 aliphatic heterocycles. The first-order valence-corrected chi connectivity index (χ1v) is 7.66. The van der Waals surface area contributed by atoms with Crippen LogP contribution in [0.3, 0.4) is 0 Å². The van der Waals surface area contributed by atoms with Gasteiger partial charge in [0.15, 0.2) is 0 Å². The molecule has 102 valence electrons. The first-order valence-electron chi connectivity index (χ1n) is 7.66. The number of hydrogen-bond acceptors (Lipinski definition) is 1. The molecule has 22 heavy (non-hydrogen) atoms. The summed E-state index contributed by atoms with van der Waals surface area (Å²) in [6.45, 7) is 0.309. The van der Waals surface area contributed by atoms with Crippen molar-refractivity contribution in [1.82, 2.24) is 4.81 Å². The molecular weight excluding hydrogens is 265 g/mol. The molecule has 0 saturated heterocycles. The first kappa shape index (κ1) is 11.9. The molecule has 0 radical (unpaired) electrons. The Hall–Kier alpha value is -2.74. The highest BCUT2D eigenvalue weighted by atomic mass is 15.0. The molecule has 0 bridgehead atoms. The third-order valence-electron chi connectivity index (χ3n) is 4.57. The summed E-state index contributed by atoms with van der Waals surface area (Å²) in [5.74, 6) is 4.69. The molecule has 0 saturated carbocycles. The molecule has 2 aliphatic rings. The molecule has 0 atom stereocenters. The number of benzene rings is 3. The maximum absolute atomic E-state index is 2.36. The van der Waals surface area contributed by atoms with E-state index in [9.17, 15) is 0 Å². The third kappa shape index (κ3) is 1.74. The van der Waals surface area contributed by atoms with Crippen LogP contribution in [-0.2, 0) is 0 Å². The van der Waals surface area contributed by atoms with Gasteiger partial charge in [-0.15, -0.1) is 0 Å². The molecule has 0 N–H and O–H groups in total. The Morgan fingerprint density at radius 1 is 0.591 bits per heavy atom. The molecule has 2 heterocycles. The highest BCUT2D eigenvalue weighted by Gasteiger charge is 2.19. The molecule has 0 aliphatic carbocycles. The quantitative estimate of drug-likeness (QED) is 0.554. The summed E-state index contributed by atoms with van der Waals surface area (Å²) in [4.78, 5) is 2.31. The Kier molecular flexibility index (Phi) is 2.36. The van der Waals surface area contributed by atoms with Crippen LogP contribution >= 0.6 is 0 Å². The largest absolute Gasteiger partial charge is 0.389 e. The van der Waals surface area contributed by atoms with Gasteiger partial charge >= 0.3 is 6.85 Å². The van der Waals surface area contributed by atoms with E-state index in [1.807, 2.05) is 0 Å². The molecule has 0 amide bonds. The van der Waals surface area contributed by atoms with E-state index in [1.165, 1.54) is 31.6 Å². The highest BCUT2D eigenvalue weighted by molar-refractivity contribution is 6.84. The minimum Gasteiger partial charge on any atom is -0.389 e. The van der Waals surface area contributed by atoms with Crippen molar-refractivity contribution in [1.29, 1.82) is 0 Å². The molecule has 3 aromatic carbocycles. The van der Waals surface area contributed by atoms with Gasteiger partial charge in [0, 0.05) is 0 Å². The second-order valence-electron chi connectivity index (χ2n) is 5.99. The summed E-state index contributed by atoms with van der Waals surface area (Å²) in [5.41, 5.74) is 0. The van der Waals surface area contributed by atoms with Crippen molar-refractivity contribution >= 4 is 42.0 Å². The van der Waals surface area contributed by atoms with E-state index in [2.05, 4.69) is 89.8 Å². The van der Waals surface area contributed by atoms with Gasteiger partial charge in [-0.2, -0.15) is 0 Å². The van der Waals surface area contributed by atoms with E-state index in [-0.39, 0.29) is 0 Å². The minimum atomic E-state index is 0.309. The van der Waals surface area contributed by atoms with E-state index in [0.717, 1.165) is 0 Å². The van der Waals surface area contributed by atoms with Crippen LogP contribution in [-0.4, -0.2) is 11.7 Å². The molecule has 0 unspecified atom stereocenters. The number of nitrogens with zero attached hydrogens (tertiary/aromatic N) is 1. The lowest BCUT2D eigenvalue weighted by molar-refractivity contribution is 0.928. The van der Waals surface area contributed by atoms with E-state index < -0.39 is 0 Å². The summed E-state index contributed by atoms with van der Waals surface area (Å²) in [6.07, 6.45) is 4.51. The number of rotatable bonds is 0. The monoisotopic (exact) mass is 279 g/mol. The fraction of sp³-hybridized carbons (Fsp3) is 0. The zero-order valence-corrected chi connectivity index (χ0v) is 12.1. The second kappa shape index (κ2) is 4.38. The van der Waals surface area contributed by atoms with Gasteiger partial charge in [0.2, 0.25) is 0 Å². The molecule has 5 rings (SSSR count). The van der Waals surface area contributed by atoms with E-state index in [4.69, 9.17) is 0 Å². The summed E-state index contributed by atoms with van der Waals surface area (Å²) < 4.78 is 0. The summed E-state index contributed by atoms with van der Waals surface area (Å²) in [7, 11) is 0. The van der Waals surface area contributed by atoms with Gasteiger partial charge in [-0.05, 0) is 56.2 Å². The van der Waals surface area contributed by atoms with Gasteiger partial charge in [0.1, 0.15) is 0 Å². The van der Waals surface area contributed by atoms with Crippen LogP contribution < -0.4 is 20.9 Å². The Balaban J connectivity index is 1.81. The molecule has 0 aromatic heterocycles. The fourth-order valence-electron chi connectivity index (χ4n) is 3.43. The lowest BCUT2D eigenvalue weighted by Gasteiger charge is -2.25.